The Hall–Kier alpha value is -0.630. The molecule has 4 nitrogen and oxygen atoms in total. The summed E-state index contributed by atoms with van der Waals surface area (Å²) < 4.78 is 40.8. The van der Waals surface area contributed by atoms with Crippen LogP contribution < -0.4 is 10.0 Å². The third-order valence-corrected chi connectivity index (χ3v) is 5.55. The third kappa shape index (κ3) is 5.94. The van der Waals surface area contributed by atoms with E-state index in [-0.39, 0.29) is 10.9 Å². The van der Waals surface area contributed by atoms with Gasteiger partial charge in [-0.3, -0.25) is 0 Å². The smallest absolute Gasteiger partial charge is 0.241 e. The number of hydrogen-bond acceptors (Lipinski definition) is 4. The van der Waals surface area contributed by atoms with Crippen molar-refractivity contribution >= 4 is 21.8 Å². The highest BCUT2D eigenvalue weighted by atomic mass is 32.2. The van der Waals surface area contributed by atoms with Crippen LogP contribution >= 0.6 is 11.8 Å². The fraction of sp³-hybridized carbons (Fsp3) is 0.571. The minimum absolute atomic E-state index is 0.00634. The van der Waals surface area contributed by atoms with Gasteiger partial charge in [0.25, 0.3) is 0 Å². The Balaban J connectivity index is 2.89. The maximum atomic E-state index is 13.4. The molecule has 120 valence electrons. The number of halogens is 1. The number of thioether (sulfide) groups is 1. The second-order valence-electron chi connectivity index (χ2n) is 4.79. The van der Waals surface area contributed by atoms with Crippen molar-refractivity contribution < 1.29 is 12.8 Å². The predicted molar refractivity (Wildman–Crippen MR) is 86.6 cm³/mol. The molecule has 0 saturated carbocycles. The van der Waals surface area contributed by atoms with E-state index in [1.165, 1.54) is 12.1 Å². The molecular formula is C14H23FN2O2S2. The van der Waals surface area contributed by atoms with Crippen LogP contribution in [-0.4, -0.2) is 33.0 Å². The number of hydrogen-bond donors (Lipinski definition) is 2. The van der Waals surface area contributed by atoms with Crippen LogP contribution in [0.5, 0.6) is 0 Å². The molecule has 0 amide bonds. The Labute approximate surface area is 131 Å². The second-order valence-corrected chi connectivity index (χ2v) is 7.87. The Morgan fingerprint density at radius 3 is 2.71 bits per heavy atom. The number of rotatable bonds is 9. The molecule has 0 radical (unpaired) electrons. The Kier molecular flexibility index (Phi) is 7.65. The molecule has 0 spiro atoms. The first-order valence-electron chi connectivity index (χ1n) is 6.93. The molecule has 0 aliphatic carbocycles. The van der Waals surface area contributed by atoms with Gasteiger partial charge in [0.05, 0.1) is 4.90 Å². The third-order valence-electron chi connectivity index (χ3n) is 2.94. The first kappa shape index (κ1) is 18.4. The van der Waals surface area contributed by atoms with Crippen molar-refractivity contribution in [2.75, 3.05) is 18.6 Å². The highest BCUT2D eigenvalue weighted by molar-refractivity contribution is 7.99. The van der Waals surface area contributed by atoms with Crippen LogP contribution in [0.1, 0.15) is 25.8 Å². The van der Waals surface area contributed by atoms with Crippen molar-refractivity contribution in [1.82, 2.24) is 10.0 Å². The predicted octanol–water partition coefficient (Wildman–Crippen LogP) is 2.36. The zero-order chi connectivity index (χ0) is 15.9. The van der Waals surface area contributed by atoms with E-state index in [0.29, 0.717) is 12.1 Å². The molecule has 0 fully saturated rings. The van der Waals surface area contributed by atoms with E-state index in [1.54, 1.807) is 18.8 Å². The van der Waals surface area contributed by atoms with Crippen molar-refractivity contribution in [1.29, 1.82) is 0 Å². The zero-order valence-corrected chi connectivity index (χ0v) is 14.3. The summed E-state index contributed by atoms with van der Waals surface area (Å²) >= 11 is 1.77. The van der Waals surface area contributed by atoms with E-state index in [1.807, 2.05) is 6.92 Å². The van der Waals surface area contributed by atoms with E-state index in [0.717, 1.165) is 24.0 Å². The van der Waals surface area contributed by atoms with E-state index >= 15 is 0 Å². The molecule has 7 heteroatoms. The molecule has 1 unspecified atom stereocenters. The lowest BCUT2D eigenvalue weighted by Gasteiger charge is -2.16. The van der Waals surface area contributed by atoms with E-state index in [4.69, 9.17) is 0 Å². The van der Waals surface area contributed by atoms with Gasteiger partial charge >= 0.3 is 0 Å². The monoisotopic (exact) mass is 334 g/mol. The SMILES string of the molecule is CCSCCC(C)NS(=O)(=O)c1cc(F)ccc1CNC. The molecule has 0 aliphatic heterocycles. The molecule has 0 heterocycles. The van der Waals surface area contributed by atoms with Crippen molar-refractivity contribution in [2.45, 2.75) is 37.8 Å². The van der Waals surface area contributed by atoms with Gasteiger partial charge in [-0.05, 0) is 49.6 Å². The minimum atomic E-state index is -3.71. The summed E-state index contributed by atoms with van der Waals surface area (Å²) in [5, 5.41) is 2.89. The highest BCUT2D eigenvalue weighted by Gasteiger charge is 2.21. The first-order chi connectivity index (χ1) is 9.90. The molecule has 21 heavy (non-hydrogen) atoms. The summed E-state index contributed by atoms with van der Waals surface area (Å²) in [6.07, 6.45) is 0.744. The maximum absolute atomic E-state index is 13.4. The molecule has 0 saturated heterocycles. The van der Waals surface area contributed by atoms with Crippen molar-refractivity contribution in [3.05, 3.63) is 29.6 Å². The van der Waals surface area contributed by atoms with Crippen LogP contribution in [-0.2, 0) is 16.6 Å². The number of nitrogens with one attached hydrogen (secondary N) is 2. The van der Waals surface area contributed by atoms with Crippen LogP contribution in [0.4, 0.5) is 4.39 Å². The lowest BCUT2D eigenvalue weighted by atomic mass is 10.2. The molecular weight excluding hydrogens is 311 g/mol. The topological polar surface area (TPSA) is 58.2 Å². The highest BCUT2D eigenvalue weighted by Crippen LogP contribution is 2.18. The van der Waals surface area contributed by atoms with Gasteiger partial charge in [0, 0.05) is 12.6 Å². The average molecular weight is 334 g/mol. The Bertz CT molecular complexity index is 550. The van der Waals surface area contributed by atoms with Crippen molar-refractivity contribution in [3.8, 4) is 0 Å². The molecule has 1 aromatic rings. The molecule has 1 aromatic carbocycles. The van der Waals surface area contributed by atoms with Gasteiger partial charge in [0.2, 0.25) is 10.0 Å². The summed E-state index contributed by atoms with van der Waals surface area (Å²) in [7, 11) is -1.99. The summed E-state index contributed by atoms with van der Waals surface area (Å²) in [6, 6.07) is 3.66. The van der Waals surface area contributed by atoms with Gasteiger partial charge in [0.15, 0.2) is 0 Å². The summed E-state index contributed by atoms with van der Waals surface area (Å²) in [5.41, 5.74) is 0.557. The van der Waals surface area contributed by atoms with E-state index in [2.05, 4.69) is 17.0 Å². The Morgan fingerprint density at radius 2 is 2.10 bits per heavy atom. The van der Waals surface area contributed by atoms with Gasteiger partial charge in [-0.1, -0.05) is 13.0 Å². The van der Waals surface area contributed by atoms with Crippen LogP contribution in [0.3, 0.4) is 0 Å². The summed E-state index contributed by atoms with van der Waals surface area (Å²) in [6.45, 7) is 4.26. The van der Waals surface area contributed by atoms with Gasteiger partial charge in [-0.2, -0.15) is 11.8 Å². The number of sulfonamides is 1. The largest absolute Gasteiger partial charge is 0.316 e. The van der Waals surface area contributed by atoms with Crippen LogP contribution in [0.25, 0.3) is 0 Å². The second kappa shape index (κ2) is 8.73. The summed E-state index contributed by atoms with van der Waals surface area (Å²) in [4.78, 5) is 0.00634. The standard InChI is InChI=1S/C14H23FN2O2S2/c1-4-20-8-7-11(2)17-21(18,19)14-9-13(15)6-5-12(14)10-16-3/h5-6,9,11,16-17H,4,7-8,10H2,1-3H3. The number of benzene rings is 1. The van der Waals surface area contributed by atoms with E-state index < -0.39 is 15.8 Å². The Morgan fingerprint density at radius 1 is 1.38 bits per heavy atom. The molecule has 0 aliphatic rings. The molecule has 2 N–H and O–H groups in total. The van der Waals surface area contributed by atoms with Crippen molar-refractivity contribution in [2.24, 2.45) is 0 Å². The van der Waals surface area contributed by atoms with Gasteiger partial charge in [0.1, 0.15) is 5.82 Å². The molecule has 1 atom stereocenters. The molecule has 1 rings (SSSR count). The van der Waals surface area contributed by atoms with Crippen molar-refractivity contribution in [3.63, 3.8) is 0 Å². The lowest BCUT2D eigenvalue weighted by Crippen LogP contribution is -2.34. The lowest BCUT2D eigenvalue weighted by molar-refractivity contribution is 0.552. The minimum Gasteiger partial charge on any atom is -0.316 e. The van der Waals surface area contributed by atoms with Crippen LogP contribution in [0.2, 0.25) is 0 Å². The van der Waals surface area contributed by atoms with Gasteiger partial charge in [-0.15, -0.1) is 0 Å². The fourth-order valence-electron chi connectivity index (χ4n) is 1.91. The fourth-order valence-corrected chi connectivity index (χ4v) is 4.24. The normalized spacial score (nSPS) is 13.3. The zero-order valence-electron chi connectivity index (χ0n) is 12.6. The van der Waals surface area contributed by atoms with Gasteiger partial charge in [-0.25, -0.2) is 17.5 Å². The van der Waals surface area contributed by atoms with Crippen LogP contribution in [0.15, 0.2) is 23.1 Å². The van der Waals surface area contributed by atoms with Crippen LogP contribution in [0, 0.1) is 5.82 Å². The summed E-state index contributed by atoms with van der Waals surface area (Å²) in [5.74, 6) is 1.35. The first-order valence-corrected chi connectivity index (χ1v) is 9.57. The maximum Gasteiger partial charge on any atom is 0.241 e. The van der Waals surface area contributed by atoms with E-state index in [9.17, 15) is 12.8 Å². The molecule has 0 aromatic heterocycles. The quantitative estimate of drug-likeness (QED) is 0.681. The molecule has 0 bridgehead atoms. The average Bonchev–Trinajstić information content (AvgIpc) is 2.40. The van der Waals surface area contributed by atoms with Gasteiger partial charge < -0.3 is 5.32 Å².